The van der Waals surface area contributed by atoms with Gasteiger partial charge in [-0.3, -0.25) is 0 Å². The lowest BCUT2D eigenvalue weighted by Gasteiger charge is -2.28. The monoisotopic (exact) mass is 269 g/mol. The lowest BCUT2D eigenvalue weighted by molar-refractivity contribution is 0.339. The summed E-state index contributed by atoms with van der Waals surface area (Å²) in [6.45, 7) is 3.28. The average Bonchev–Trinajstić information content (AvgIpc) is 2.94. The van der Waals surface area contributed by atoms with E-state index in [1.807, 2.05) is 12.5 Å². The van der Waals surface area contributed by atoms with Crippen molar-refractivity contribution in [2.75, 3.05) is 6.54 Å². The fourth-order valence-electron chi connectivity index (χ4n) is 3.27. The van der Waals surface area contributed by atoms with Gasteiger partial charge >= 0.3 is 0 Å². The number of hydrogen-bond donors (Lipinski definition) is 1. The molecule has 0 amide bonds. The first-order chi connectivity index (χ1) is 9.90. The molecule has 3 nitrogen and oxygen atoms in total. The van der Waals surface area contributed by atoms with Gasteiger partial charge in [0.15, 0.2) is 0 Å². The molecule has 0 fully saturated rings. The van der Waals surface area contributed by atoms with E-state index in [-0.39, 0.29) is 0 Å². The Hall–Kier alpha value is -1.61. The quantitative estimate of drug-likeness (QED) is 0.861. The van der Waals surface area contributed by atoms with Crippen molar-refractivity contribution in [2.45, 2.75) is 44.7 Å². The number of aryl methyl sites for hydroxylation is 1. The van der Waals surface area contributed by atoms with Crippen LogP contribution in [0.25, 0.3) is 0 Å². The minimum Gasteiger partial charge on any atom is -0.333 e. The van der Waals surface area contributed by atoms with Gasteiger partial charge in [-0.15, -0.1) is 0 Å². The van der Waals surface area contributed by atoms with E-state index in [4.69, 9.17) is 0 Å². The maximum atomic E-state index is 4.23. The van der Waals surface area contributed by atoms with Crippen LogP contribution >= 0.6 is 0 Å². The molecule has 1 heterocycles. The Balaban J connectivity index is 1.97. The number of aromatic nitrogens is 2. The van der Waals surface area contributed by atoms with Crippen LogP contribution in [0.15, 0.2) is 43.0 Å². The maximum absolute atomic E-state index is 4.23. The lowest BCUT2D eigenvalue weighted by Crippen LogP contribution is -2.30. The van der Waals surface area contributed by atoms with Gasteiger partial charge in [0.1, 0.15) is 0 Å². The van der Waals surface area contributed by atoms with Gasteiger partial charge in [0.2, 0.25) is 0 Å². The van der Waals surface area contributed by atoms with Gasteiger partial charge in [-0.1, -0.05) is 31.2 Å². The zero-order chi connectivity index (χ0) is 13.8. The molecule has 2 unspecified atom stereocenters. The summed E-state index contributed by atoms with van der Waals surface area (Å²) in [6, 6.07) is 9.75. The number of fused-ring (bicyclic) bond motifs is 1. The summed E-state index contributed by atoms with van der Waals surface area (Å²) >= 11 is 0. The minimum absolute atomic E-state index is 0.392. The van der Waals surface area contributed by atoms with E-state index in [0.717, 1.165) is 13.0 Å². The second-order valence-corrected chi connectivity index (χ2v) is 5.60. The smallest absolute Gasteiger partial charge is 0.0949 e. The number of nitrogens with zero attached hydrogens (tertiary/aromatic N) is 2. The highest BCUT2D eigenvalue weighted by molar-refractivity contribution is 5.32. The van der Waals surface area contributed by atoms with Crippen molar-refractivity contribution in [1.29, 1.82) is 0 Å². The molecule has 1 N–H and O–H groups in total. The van der Waals surface area contributed by atoms with Crippen molar-refractivity contribution in [3.8, 4) is 0 Å². The van der Waals surface area contributed by atoms with E-state index in [9.17, 15) is 0 Å². The van der Waals surface area contributed by atoms with E-state index < -0.39 is 0 Å². The van der Waals surface area contributed by atoms with E-state index in [1.54, 1.807) is 0 Å². The molecule has 2 atom stereocenters. The predicted octanol–water partition coefficient (Wildman–Crippen LogP) is 3.50. The summed E-state index contributed by atoms with van der Waals surface area (Å²) in [4.78, 5) is 4.23. The average molecular weight is 269 g/mol. The molecule has 0 saturated heterocycles. The zero-order valence-electron chi connectivity index (χ0n) is 12.1. The molecule has 1 aliphatic carbocycles. The van der Waals surface area contributed by atoms with Gasteiger partial charge in [0.25, 0.3) is 0 Å². The molecule has 0 aliphatic heterocycles. The predicted molar refractivity (Wildman–Crippen MR) is 81.7 cm³/mol. The second-order valence-electron chi connectivity index (χ2n) is 5.60. The summed E-state index contributed by atoms with van der Waals surface area (Å²) in [6.07, 6.45) is 10.7. The highest BCUT2D eigenvalue weighted by Crippen LogP contribution is 2.36. The minimum atomic E-state index is 0.392. The van der Waals surface area contributed by atoms with E-state index in [2.05, 4.69) is 52.3 Å². The second kappa shape index (κ2) is 6.23. The maximum Gasteiger partial charge on any atom is 0.0949 e. The summed E-state index contributed by atoms with van der Waals surface area (Å²) in [5.74, 6) is 0. The number of nitrogens with one attached hydrogen (secondary N) is 1. The molecular weight excluding hydrogens is 246 g/mol. The van der Waals surface area contributed by atoms with Crippen LogP contribution in [0.4, 0.5) is 0 Å². The van der Waals surface area contributed by atoms with E-state index >= 15 is 0 Å². The van der Waals surface area contributed by atoms with Crippen LogP contribution in [0.3, 0.4) is 0 Å². The van der Waals surface area contributed by atoms with Crippen molar-refractivity contribution in [3.63, 3.8) is 0 Å². The molecule has 3 rings (SSSR count). The normalized spacial score (nSPS) is 22.2. The largest absolute Gasteiger partial charge is 0.333 e. The zero-order valence-corrected chi connectivity index (χ0v) is 12.1. The number of benzene rings is 1. The molecule has 0 radical (unpaired) electrons. The van der Waals surface area contributed by atoms with Crippen LogP contribution in [-0.4, -0.2) is 16.1 Å². The molecule has 2 aromatic rings. The highest BCUT2D eigenvalue weighted by atomic mass is 15.1. The van der Waals surface area contributed by atoms with Gasteiger partial charge in [-0.05, 0) is 43.4 Å². The molecule has 3 heteroatoms. The van der Waals surface area contributed by atoms with Crippen molar-refractivity contribution in [2.24, 2.45) is 0 Å². The molecule has 1 aromatic heterocycles. The van der Waals surface area contributed by atoms with Crippen molar-refractivity contribution < 1.29 is 0 Å². The van der Waals surface area contributed by atoms with Crippen molar-refractivity contribution in [3.05, 3.63) is 54.1 Å². The number of imidazole rings is 1. The lowest BCUT2D eigenvalue weighted by atomic mass is 9.96. The fourth-order valence-corrected chi connectivity index (χ4v) is 3.27. The standard InChI is InChI=1S/C17H23N3/c1-2-10-19-17-15-8-4-3-6-14(15)7-5-9-16(17)20-12-11-18-13-20/h3-4,6,8,11-13,16-17,19H,2,5,7,9-10H2,1H3. The first-order valence-corrected chi connectivity index (χ1v) is 7.68. The van der Waals surface area contributed by atoms with E-state index in [1.165, 1.54) is 30.4 Å². The third kappa shape index (κ3) is 2.63. The Morgan fingerprint density at radius 1 is 1.35 bits per heavy atom. The Bertz CT molecular complexity index is 533. The molecular formula is C17H23N3. The van der Waals surface area contributed by atoms with Crippen LogP contribution in [-0.2, 0) is 6.42 Å². The Kier molecular flexibility index (Phi) is 4.16. The van der Waals surface area contributed by atoms with Gasteiger partial charge in [0, 0.05) is 12.4 Å². The van der Waals surface area contributed by atoms with Crippen LogP contribution < -0.4 is 5.32 Å². The Labute approximate surface area is 121 Å². The fraction of sp³-hybridized carbons (Fsp3) is 0.471. The molecule has 1 aliphatic rings. The summed E-state index contributed by atoms with van der Waals surface area (Å²) in [5, 5.41) is 3.76. The van der Waals surface area contributed by atoms with Crippen LogP contribution in [0, 0.1) is 0 Å². The number of hydrogen-bond acceptors (Lipinski definition) is 2. The van der Waals surface area contributed by atoms with Crippen LogP contribution in [0.2, 0.25) is 0 Å². The van der Waals surface area contributed by atoms with Crippen LogP contribution in [0.5, 0.6) is 0 Å². The van der Waals surface area contributed by atoms with Gasteiger partial charge in [-0.25, -0.2) is 4.98 Å². The Morgan fingerprint density at radius 3 is 3.05 bits per heavy atom. The first-order valence-electron chi connectivity index (χ1n) is 7.68. The topological polar surface area (TPSA) is 29.9 Å². The Morgan fingerprint density at radius 2 is 2.25 bits per heavy atom. The third-order valence-electron chi connectivity index (χ3n) is 4.24. The van der Waals surface area contributed by atoms with E-state index in [0.29, 0.717) is 12.1 Å². The van der Waals surface area contributed by atoms with Crippen LogP contribution in [0.1, 0.15) is 49.4 Å². The molecule has 20 heavy (non-hydrogen) atoms. The highest BCUT2D eigenvalue weighted by Gasteiger charge is 2.27. The molecule has 0 spiro atoms. The molecule has 0 saturated carbocycles. The number of rotatable bonds is 4. The van der Waals surface area contributed by atoms with Crippen molar-refractivity contribution in [1.82, 2.24) is 14.9 Å². The van der Waals surface area contributed by atoms with Gasteiger partial charge in [-0.2, -0.15) is 0 Å². The molecule has 0 bridgehead atoms. The first kappa shape index (κ1) is 13.4. The summed E-state index contributed by atoms with van der Waals surface area (Å²) in [7, 11) is 0. The van der Waals surface area contributed by atoms with Gasteiger partial charge < -0.3 is 9.88 Å². The van der Waals surface area contributed by atoms with Gasteiger partial charge in [0.05, 0.1) is 18.4 Å². The molecule has 1 aromatic carbocycles. The van der Waals surface area contributed by atoms with Crippen molar-refractivity contribution >= 4 is 0 Å². The third-order valence-corrected chi connectivity index (χ3v) is 4.24. The summed E-state index contributed by atoms with van der Waals surface area (Å²) in [5.41, 5.74) is 2.97. The molecule has 106 valence electrons. The summed E-state index contributed by atoms with van der Waals surface area (Å²) < 4.78 is 2.27. The SMILES string of the molecule is CCCNC1c2ccccc2CCCC1n1ccnc1.